The number of likely N-dealkylation sites (tertiary alicyclic amines) is 1. The van der Waals surface area contributed by atoms with Gasteiger partial charge in [0.2, 0.25) is 0 Å². The van der Waals surface area contributed by atoms with Gasteiger partial charge in [0, 0.05) is 50.0 Å². The van der Waals surface area contributed by atoms with Gasteiger partial charge >= 0.3 is 0 Å². The van der Waals surface area contributed by atoms with Crippen LogP contribution in [0.4, 0.5) is 0 Å². The summed E-state index contributed by atoms with van der Waals surface area (Å²) >= 11 is 0. The molecule has 2 aromatic heterocycles. The zero-order valence-corrected chi connectivity index (χ0v) is 15.2. The minimum Gasteiger partial charge on any atom is -0.351 e. The van der Waals surface area contributed by atoms with E-state index in [0.717, 1.165) is 55.1 Å². The molecule has 5 nitrogen and oxygen atoms in total. The Kier molecular flexibility index (Phi) is 4.78. The largest absolute Gasteiger partial charge is 0.351 e. The molecule has 5 heteroatoms. The highest BCUT2D eigenvalue weighted by molar-refractivity contribution is 5.96. The smallest absolute Gasteiger partial charge is 0.255 e. The quantitative estimate of drug-likeness (QED) is 0.865. The molecular weight excluding hydrogens is 300 g/mol. The highest BCUT2D eigenvalue weighted by Gasteiger charge is 2.29. The van der Waals surface area contributed by atoms with E-state index in [2.05, 4.69) is 25.9 Å². The van der Waals surface area contributed by atoms with Crippen molar-refractivity contribution >= 4 is 5.91 Å². The highest BCUT2D eigenvalue weighted by atomic mass is 16.2. The topological polar surface area (TPSA) is 43.1 Å². The van der Waals surface area contributed by atoms with E-state index >= 15 is 0 Å². The van der Waals surface area contributed by atoms with Gasteiger partial charge in [0.15, 0.2) is 0 Å². The first-order valence-corrected chi connectivity index (χ1v) is 8.90. The van der Waals surface area contributed by atoms with Gasteiger partial charge in [0.05, 0.1) is 5.56 Å². The molecule has 1 amide bonds. The molecule has 0 saturated carbocycles. The van der Waals surface area contributed by atoms with Crippen molar-refractivity contribution in [2.45, 2.75) is 59.0 Å². The summed E-state index contributed by atoms with van der Waals surface area (Å²) in [6.45, 7) is 7.92. The Morgan fingerprint density at radius 1 is 1.29 bits per heavy atom. The highest BCUT2D eigenvalue weighted by Crippen LogP contribution is 2.25. The fourth-order valence-electron chi connectivity index (χ4n) is 3.72. The van der Waals surface area contributed by atoms with Crippen LogP contribution in [-0.2, 0) is 13.6 Å². The molecular formula is C19H28N4O. The number of carbonyl (C=O) groups is 1. The van der Waals surface area contributed by atoms with E-state index in [1.54, 1.807) is 0 Å². The zero-order chi connectivity index (χ0) is 17.3. The van der Waals surface area contributed by atoms with Crippen molar-refractivity contribution in [2.24, 2.45) is 7.05 Å². The van der Waals surface area contributed by atoms with Gasteiger partial charge in [-0.25, -0.2) is 4.98 Å². The fourth-order valence-corrected chi connectivity index (χ4v) is 3.72. The molecule has 1 atom stereocenters. The lowest BCUT2D eigenvalue weighted by molar-refractivity contribution is 0.0594. The van der Waals surface area contributed by atoms with Crippen molar-refractivity contribution in [3.05, 3.63) is 41.2 Å². The first kappa shape index (κ1) is 16.8. The Labute approximate surface area is 144 Å². The Bertz CT molecular complexity index is 728. The van der Waals surface area contributed by atoms with Gasteiger partial charge in [-0.15, -0.1) is 0 Å². The average Bonchev–Trinajstić information content (AvgIpc) is 3.11. The summed E-state index contributed by atoms with van der Waals surface area (Å²) in [4.78, 5) is 19.5. The van der Waals surface area contributed by atoms with Crippen LogP contribution in [0.2, 0.25) is 0 Å². The molecule has 1 saturated heterocycles. The summed E-state index contributed by atoms with van der Waals surface area (Å²) in [5.41, 5.74) is 3.06. The molecule has 0 spiro atoms. The molecule has 24 heavy (non-hydrogen) atoms. The van der Waals surface area contributed by atoms with Crippen molar-refractivity contribution in [3.8, 4) is 0 Å². The maximum absolute atomic E-state index is 13.1. The van der Waals surface area contributed by atoms with Gasteiger partial charge in [-0.1, -0.05) is 0 Å². The Morgan fingerprint density at radius 2 is 2.08 bits per heavy atom. The lowest BCUT2D eigenvalue weighted by atomic mass is 9.98. The summed E-state index contributed by atoms with van der Waals surface area (Å²) in [5, 5.41) is 0. The molecule has 2 aromatic rings. The van der Waals surface area contributed by atoms with Crippen LogP contribution in [-0.4, -0.2) is 37.5 Å². The first-order valence-electron chi connectivity index (χ1n) is 8.90. The molecule has 3 heterocycles. The first-order chi connectivity index (χ1) is 11.5. The Morgan fingerprint density at radius 3 is 2.71 bits per heavy atom. The molecule has 0 aromatic carbocycles. The van der Waals surface area contributed by atoms with Crippen LogP contribution in [0.1, 0.15) is 53.3 Å². The van der Waals surface area contributed by atoms with Gasteiger partial charge in [-0.3, -0.25) is 4.79 Å². The summed E-state index contributed by atoms with van der Waals surface area (Å²) in [5.74, 6) is 1.24. The SMILES string of the molecule is Cc1nccn1CC[C@H]1CCCCN1C(=O)c1cc(C)n(C)c1C. The zero-order valence-electron chi connectivity index (χ0n) is 15.2. The molecule has 0 N–H and O–H groups in total. The van der Waals surface area contributed by atoms with Crippen LogP contribution in [0.3, 0.4) is 0 Å². The van der Waals surface area contributed by atoms with E-state index in [1.165, 1.54) is 6.42 Å². The van der Waals surface area contributed by atoms with Gasteiger partial charge < -0.3 is 14.0 Å². The maximum atomic E-state index is 13.1. The van der Waals surface area contributed by atoms with Crippen LogP contribution in [0.5, 0.6) is 0 Å². The predicted molar refractivity (Wildman–Crippen MR) is 95.1 cm³/mol. The van der Waals surface area contributed by atoms with Crippen molar-refractivity contribution in [3.63, 3.8) is 0 Å². The Hall–Kier alpha value is -2.04. The molecule has 0 unspecified atom stereocenters. The van der Waals surface area contributed by atoms with Crippen LogP contribution in [0.15, 0.2) is 18.5 Å². The lowest BCUT2D eigenvalue weighted by Crippen LogP contribution is -2.44. The molecule has 0 aliphatic carbocycles. The normalized spacial score (nSPS) is 18.2. The molecule has 1 aliphatic heterocycles. The monoisotopic (exact) mass is 328 g/mol. The van der Waals surface area contributed by atoms with Crippen LogP contribution in [0, 0.1) is 20.8 Å². The minimum absolute atomic E-state index is 0.197. The fraction of sp³-hybridized carbons (Fsp3) is 0.579. The van der Waals surface area contributed by atoms with Crippen LogP contribution in [0.25, 0.3) is 0 Å². The van der Waals surface area contributed by atoms with E-state index < -0.39 is 0 Å². The number of hydrogen-bond donors (Lipinski definition) is 0. The lowest BCUT2D eigenvalue weighted by Gasteiger charge is -2.36. The van der Waals surface area contributed by atoms with Crippen molar-refractivity contribution in [2.75, 3.05) is 6.54 Å². The number of amides is 1. The van der Waals surface area contributed by atoms with Crippen molar-refractivity contribution < 1.29 is 4.79 Å². The Balaban J connectivity index is 1.75. The predicted octanol–water partition coefficient (Wildman–Crippen LogP) is 3.23. The standard InChI is InChI=1S/C19H28N4O/c1-14-13-18(15(2)21(14)4)19(24)23-10-6-5-7-17(23)8-11-22-12-9-20-16(22)3/h9,12-13,17H,5-8,10-11H2,1-4H3/t17-/m1/s1. The molecule has 130 valence electrons. The second kappa shape index (κ2) is 6.83. The second-order valence-corrected chi connectivity index (χ2v) is 6.95. The molecule has 3 rings (SSSR count). The third kappa shape index (κ3) is 3.12. The summed E-state index contributed by atoms with van der Waals surface area (Å²) < 4.78 is 4.27. The van der Waals surface area contributed by atoms with E-state index in [0.29, 0.717) is 6.04 Å². The number of carbonyl (C=O) groups excluding carboxylic acids is 1. The van der Waals surface area contributed by atoms with Crippen LogP contribution >= 0.6 is 0 Å². The van der Waals surface area contributed by atoms with E-state index in [9.17, 15) is 4.79 Å². The maximum Gasteiger partial charge on any atom is 0.255 e. The summed E-state index contributed by atoms with van der Waals surface area (Å²) in [7, 11) is 2.02. The third-order valence-electron chi connectivity index (χ3n) is 5.52. The molecule has 1 fully saturated rings. The van der Waals surface area contributed by atoms with Crippen molar-refractivity contribution in [1.29, 1.82) is 0 Å². The number of piperidine rings is 1. The molecule has 0 radical (unpaired) electrons. The number of nitrogens with zero attached hydrogens (tertiary/aromatic N) is 4. The molecule has 1 aliphatic rings. The van der Waals surface area contributed by atoms with Gasteiger partial charge in [-0.05, 0) is 52.5 Å². The second-order valence-electron chi connectivity index (χ2n) is 6.95. The summed E-state index contributed by atoms with van der Waals surface area (Å²) in [6.07, 6.45) is 8.28. The van der Waals surface area contributed by atoms with Crippen molar-refractivity contribution in [1.82, 2.24) is 19.0 Å². The minimum atomic E-state index is 0.197. The summed E-state index contributed by atoms with van der Waals surface area (Å²) in [6, 6.07) is 2.36. The van der Waals surface area contributed by atoms with Gasteiger partial charge in [-0.2, -0.15) is 0 Å². The number of rotatable bonds is 4. The van der Waals surface area contributed by atoms with Gasteiger partial charge in [0.1, 0.15) is 5.82 Å². The van der Waals surface area contributed by atoms with Gasteiger partial charge in [0.25, 0.3) is 5.91 Å². The third-order valence-corrected chi connectivity index (χ3v) is 5.52. The average molecular weight is 328 g/mol. The van der Waals surface area contributed by atoms with Crippen LogP contribution < -0.4 is 0 Å². The van der Waals surface area contributed by atoms with E-state index in [-0.39, 0.29) is 5.91 Å². The number of aromatic nitrogens is 3. The molecule has 0 bridgehead atoms. The van der Waals surface area contributed by atoms with E-state index in [4.69, 9.17) is 0 Å². The van der Waals surface area contributed by atoms with E-state index in [1.807, 2.05) is 39.4 Å². The number of aryl methyl sites for hydroxylation is 3. The number of imidazole rings is 1. The number of hydrogen-bond acceptors (Lipinski definition) is 2.